The molecule has 6 rings (SSSR count). The first-order valence-electron chi connectivity index (χ1n) is 15.7. The SMILES string of the molecule is COC(=O)/C=C/CC[C@H](NC(=O)c1oc2ccccc2c1C)C(=O)Nc1cccn(CC(=O)N[C@H]2C[C@H]3C[C@@H]([C@@H]2C)C3(C)C)c1=O. The number of allylic oxidation sites excluding steroid dienone is 1. The molecule has 2 aromatic heterocycles. The lowest BCUT2D eigenvalue weighted by Gasteiger charge is -2.62. The van der Waals surface area contributed by atoms with E-state index in [0.29, 0.717) is 34.3 Å². The molecule has 3 amide bonds. The van der Waals surface area contributed by atoms with Gasteiger partial charge in [-0.05, 0) is 74.0 Å². The second-order valence-electron chi connectivity index (χ2n) is 13.1. The largest absolute Gasteiger partial charge is 0.466 e. The maximum absolute atomic E-state index is 13.5. The first kappa shape index (κ1) is 32.7. The minimum absolute atomic E-state index is 0.0291. The number of ether oxygens (including phenoxy) is 1. The van der Waals surface area contributed by atoms with E-state index >= 15 is 0 Å². The van der Waals surface area contributed by atoms with Crippen LogP contribution in [0.3, 0.4) is 0 Å². The Morgan fingerprint density at radius 1 is 1.13 bits per heavy atom. The summed E-state index contributed by atoms with van der Waals surface area (Å²) in [7, 11) is 1.26. The zero-order valence-corrected chi connectivity index (χ0v) is 26.9. The van der Waals surface area contributed by atoms with Gasteiger partial charge >= 0.3 is 5.97 Å². The summed E-state index contributed by atoms with van der Waals surface area (Å²) < 4.78 is 11.6. The van der Waals surface area contributed by atoms with Crippen LogP contribution in [0.5, 0.6) is 0 Å². The minimum atomic E-state index is -1.08. The van der Waals surface area contributed by atoms with E-state index < -0.39 is 29.4 Å². The number of fused-ring (bicyclic) bond motifs is 3. The Morgan fingerprint density at radius 2 is 1.89 bits per heavy atom. The number of para-hydroxylation sites is 1. The highest BCUT2D eigenvalue weighted by atomic mass is 16.5. The topological polar surface area (TPSA) is 149 Å². The molecule has 3 aliphatic carbocycles. The van der Waals surface area contributed by atoms with Crippen molar-refractivity contribution in [2.45, 2.75) is 72.0 Å². The van der Waals surface area contributed by atoms with Gasteiger partial charge in [0.05, 0.1) is 7.11 Å². The molecule has 3 fully saturated rings. The van der Waals surface area contributed by atoms with Crippen molar-refractivity contribution in [3.63, 3.8) is 0 Å². The van der Waals surface area contributed by atoms with E-state index in [4.69, 9.17) is 4.42 Å². The molecule has 3 N–H and O–H groups in total. The molecule has 0 radical (unpaired) electrons. The van der Waals surface area contributed by atoms with Crippen molar-refractivity contribution < 1.29 is 28.3 Å². The van der Waals surface area contributed by atoms with Crippen LogP contribution in [0.25, 0.3) is 11.0 Å². The number of amides is 3. The predicted molar refractivity (Wildman–Crippen MR) is 173 cm³/mol. The van der Waals surface area contributed by atoms with Crippen LogP contribution in [0.1, 0.15) is 62.6 Å². The number of nitrogens with one attached hydrogen (secondary N) is 3. The van der Waals surface area contributed by atoms with Crippen molar-refractivity contribution in [2.75, 3.05) is 12.4 Å². The number of nitrogens with zero attached hydrogens (tertiary/aromatic N) is 1. The first-order valence-corrected chi connectivity index (χ1v) is 15.7. The summed E-state index contributed by atoms with van der Waals surface area (Å²) in [5, 5.41) is 9.26. The summed E-state index contributed by atoms with van der Waals surface area (Å²) >= 11 is 0. The number of aryl methyl sites for hydroxylation is 1. The van der Waals surface area contributed by atoms with Gasteiger partial charge in [-0.25, -0.2) is 4.79 Å². The van der Waals surface area contributed by atoms with Gasteiger partial charge in [0, 0.05) is 29.3 Å². The lowest BCUT2D eigenvalue weighted by atomic mass is 9.45. The van der Waals surface area contributed by atoms with Gasteiger partial charge in [-0.2, -0.15) is 0 Å². The van der Waals surface area contributed by atoms with Crippen LogP contribution in [-0.4, -0.2) is 47.5 Å². The number of rotatable bonds is 11. The number of aromatic nitrogens is 1. The van der Waals surface area contributed by atoms with Gasteiger partial charge in [-0.1, -0.05) is 45.0 Å². The third-order valence-corrected chi connectivity index (χ3v) is 10.0. The molecule has 0 aliphatic heterocycles. The van der Waals surface area contributed by atoms with Crippen LogP contribution in [-0.2, 0) is 25.7 Å². The van der Waals surface area contributed by atoms with Crippen LogP contribution in [0.15, 0.2) is 64.0 Å². The minimum Gasteiger partial charge on any atom is -0.466 e. The number of methoxy groups -OCH3 is 1. The van der Waals surface area contributed by atoms with Gasteiger partial charge in [0.2, 0.25) is 11.8 Å². The molecular weight excluding hydrogens is 588 g/mol. The number of carbonyl (C=O) groups excluding carboxylic acids is 4. The van der Waals surface area contributed by atoms with Crippen molar-refractivity contribution in [1.82, 2.24) is 15.2 Å². The Bertz CT molecular complexity index is 1740. The summed E-state index contributed by atoms with van der Waals surface area (Å²) in [6, 6.07) is 9.24. The Kier molecular flexibility index (Phi) is 9.50. The molecule has 46 heavy (non-hydrogen) atoms. The molecule has 3 aromatic rings. The monoisotopic (exact) mass is 630 g/mol. The molecule has 11 nitrogen and oxygen atoms in total. The number of hydrogen-bond donors (Lipinski definition) is 3. The molecule has 244 valence electrons. The van der Waals surface area contributed by atoms with Crippen molar-refractivity contribution >= 4 is 40.3 Å². The molecule has 1 aromatic carbocycles. The Labute approximate surface area is 267 Å². The maximum Gasteiger partial charge on any atom is 0.330 e. The zero-order chi connectivity index (χ0) is 33.2. The van der Waals surface area contributed by atoms with Gasteiger partial charge in [-0.15, -0.1) is 0 Å². The molecule has 3 aliphatic rings. The summed E-state index contributed by atoms with van der Waals surface area (Å²) in [5.41, 5.74) is 0.892. The number of pyridine rings is 1. The molecule has 5 atom stereocenters. The van der Waals surface area contributed by atoms with E-state index in [-0.39, 0.29) is 42.8 Å². The van der Waals surface area contributed by atoms with Crippen molar-refractivity contribution in [3.05, 3.63) is 76.4 Å². The molecule has 3 saturated carbocycles. The van der Waals surface area contributed by atoms with Crippen LogP contribution in [0.4, 0.5) is 5.69 Å². The van der Waals surface area contributed by atoms with Gasteiger partial charge in [-0.3, -0.25) is 19.2 Å². The number of carbonyl (C=O) groups is 4. The fraction of sp³-hybridized carbons (Fsp3) is 0.457. The van der Waals surface area contributed by atoms with E-state index in [1.807, 2.05) is 12.1 Å². The number of esters is 1. The standard InChI is InChI=1S/C35H42N4O7/c1-20-23-11-6-8-14-28(23)46-31(20)33(43)37-25(12-7-9-15-30(41)45-5)32(42)38-26-13-10-16-39(34(26)44)19-29(40)36-27-18-22-17-24(21(27)2)35(22,3)4/h6,8-11,13-16,21-22,24-25,27H,7,12,17-19H2,1-5H3,(H,36,40)(H,37,43)(H,38,42)/b15-9+/t21-,22+,24-,25-,27-/m0/s1. The van der Waals surface area contributed by atoms with Crippen molar-refractivity contribution in [2.24, 2.45) is 23.2 Å². The second-order valence-corrected chi connectivity index (χ2v) is 13.1. The average molecular weight is 631 g/mol. The molecule has 0 spiro atoms. The summed E-state index contributed by atoms with van der Waals surface area (Å²) in [4.78, 5) is 64.6. The maximum atomic E-state index is 13.5. The van der Waals surface area contributed by atoms with Gasteiger partial charge < -0.3 is 29.7 Å². The van der Waals surface area contributed by atoms with Crippen molar-refractivity contribution in [3.8, 4) is 0 Å². The Balaban J connectivity index is 1.27. The summed E-state index contributed by atoms with van der Waals surface area (Å²) in [5.74, 6) is -0.453. The van der Waals surface area contributed by atoms with Crippen molar-refractivity contribution in [1.29, 1.82) is 0 Å². The van der Waals surface area contributed by atoms with E-state index in [1.165, 1.54) is 42.5 Å². The van der Waals surface area contributed by atoms with Gasteiger partial charge in [0.1, 0.15) is 23.9 Å². The smallest absolute Gasteiger partial charge is 0.330 e. The van der Waals surface area contributed by atoms with Crippen LogP contribution in [0, 0.1) is 30.1 Å². The average Bonchev–Trinajstić information content (AvgIpc) is 3.37. The van der Waals surface area contributed by atoms with E-state index in [1.54, 1.807) is 25.1 Å². The number of furan rings is 1. The molecule has 0 saturated heterocycles. The highest BCUT2D eigenvalue weighted by molar-refractivity contribution is 6.03. The highest BCUT2D eigenvalue weighted by Gasteiger charge is 2.56. The number of anilines is 1. The highest BCUT2D eigenvalue weighted by Crippen LogP contribution is 2.61. The molecule has 0 unspecified atom stereocenters. The molecule has 2 bridgehead atoms. The second kappa shape index (κ2) is 13.4. The third kappa shape index (κ3) is 6.63. The summed E-state index contributed by atoms with van der Waals surface area (Å²) in [6.45, 7) is 8.36. The first-order chi connectivity index (χ1) is 21.9. The normalized spacial score (nSPS) is 22.1. The fourth-order valence-corrected chi connectivity index (χ4v) is 7.12. The van der Waals surface area contributed by atoms with E-state index in [9.17, 15) is 24.0 Å². The molecule has 2 heterocycles. The quantitative estimate of drug-likeness (QED) is 0.211. The fourth-order valence-electron chi connectivity index (χ4n) is 7.12. The Hall–Kier alpha value is -4.67. The third-order valence-electron chi connectivity index (χ3n) is 10.0. The van der Waals surface area contributed by atoms with E-state index in [2.05, 4.69) is 41.5 Å². The predicted octanol–water partition coefficient (Wildman–Crippen LogP) is 4.34. The number of benzene rings is 1. The molecule has 11 heteroatoms. The Morgan fingerprint density at radius 3 is 2.59 bits per heavy atom. The summed E-state index contributed by atoms with van der Waals surface area (Å²) in [6.07, 6.45) is 6.77. The number of hydrogen-bond acceptors (Lipinski definition) is 7. The van der Waals surface area contributed by atoms with Crippen LogP contribution in [0.2, 0.25) is 0 Å². The lowest BCUT2D eigenvalue weighted by Crippen LogP contribution is -2.60. The van der Waals surface area contributed by atoms with Crippen LogP contribution >= 0.6 is 0 Å². The van der Waals surface area contributed by atoms with Gasteiger partial charge in [0.15, 0.2) is 5.76 Å². The van der Waals surface area contributed by atoms with E-state index in [0.717, 1.165) is 11.8 Å². The lowest BCUT2D eigenvalue weighted by molar-refractivity contribution is -0.135. The van der Waals surface area contributed by atoms with Gasteiger partial charge in [0.25, 0.3) is 11.5 Å². The zero-order valence-electron chi connectivity index (χ0n) is 26.9. The van der Waals surface area contributed by atoms with Crippen LogP contribution < -0.4 is 21.5 Å². The molecular formula is C35H42N4O7.